The standard InChI is InChI=1S/C19H23FN6OS/c1-5-12(2)26-16(10-11-21-26)22-18(27)13(3)28-19-24-23-17(25(19)4)14-6-8-15(20)9-7-14/h6-13H,5H2,1-4H3,(H,22,27)/t12-,13+/m0/s1. The summed E-state index contributed by atoms with van der Waals surface area (Å²) in [6, 6.07) is 8.06. The van der Waals surface area contributed by atoms with E-state index < -0.39 is 0 Å². The molecule has 0 unspecified atom stereocenters. The fourth-order valence-electron chi connectivity index (χ4n) is 2.64. The highest BCUT2D eigenvalue weighted by Crippen LogP contribution is 2.26. The molecule has 0 fully saturated rings. The van der Waals surface area contributed by atoms with Crippen LogP contribution in [0.15, 0.2) is 41.7 Å². The van der Waals surface area contributed by atoms with Gasteiger partial charge in [0.05, 0.1) is 17.5 Å². The van der Waals surface area contributed by atoms with Crippen LogP contribution in [-0.2, 0) is 11.8 Å². The van der Waals surface area contributed by atoms with Crippen LogP contribution < -0.4 is 5.32 Å². The Morgan fingerprint density at radius 3 is 2.61 bits per heavy atom. The molecule has 2 heterocycles. The maximum Gasteiger partial charge on any atom is 0.238 e. The Morgan fingerprint density at radius 2 is 1.93 bits per heavy atom. The van der Waals surface area contributed by atoms with E-state index in [1.807, 2.05) is 18.7 Å². The summed E-state index contributed by atoms with van der Waals surface area (Å²) >= 11 is 1.31. The van der Waals surface area contributed by atoms with Gasteiger partial charge in [0.15, 0.2) is 11.0 Å². The topological polar surface area (TPSA) is 77.6 Å². The molecule has 2 atom stereocenters. The van der Waals surface area contributed by atoms with E-state index in [0.717, 1.165) is 12.0 Å². The van der Waals surface area contributed by atoms with Crippen molar-refractivity contribution in [1.82, 2.24) is 24.5 Å². The molecule has 1 N–H and O–H groups in total. The number of hydrogen-bond donors (Lipinski definition) is 1. The van der Waals surface area contributed by atoms with Crippen LogP contribution in [0.2, 0.25) is 0 Å². The predicted octanol–water partition coefficient (Wildman–Crippen LogP) is 3.91. The molecule has 1 aromatic carbocycles. The minimum absolute atomic E-state index is 0.138. The molecule has 0 aliphatic rings. The quantitative estimate of drug-likeness (QED) is 0.606. The van der Waals surface area contributed by atoms with Crippen molar-refractivity contribution >= 4 is 23.5 Å². The van der Waals surface area contributed by atoms with Gasteiger partial charge in [0.1, 0.15) is 11.6 Å². The van der Waals surface area contributed by atoms with Crippen molar-refractivity contribution in [2.24, 2.45) is 7.05 Å². The van der Waals surface area contributed by atoms with Gasteiger partial charge in [0.2, 0.25) is 5.91 Å². The highest BCUT2D eigenvalue weighted by Gasteiger charge is 2.21. The Hall–Kier alpha value is -2.68. The third kappa shape index (κ3) is 4.24. The van der Waals surface area contributed by atoms with Gasteiger partial charge in [-0.25, -0.2) is 9.07 Å². The van der Waals surface area contributed by atoms with Crippen molar-refractivity contribution in [3.63, 3.8) is 0 Å². The molecular weight excluding hydrogens is 379 g/mol. The number of benzene rings is 1. The lowest BCUT2D eigenvalue weighted by Gasteiger charge is -2.16. The fraction of sp³-hybridized carbons (Fsp3) is 0.368. The van der Waals surface area contributed by atoms with Crippen LogP contribution in [0.5, 0.6) is 0 Å². The number of anilines is 1. The molecule has 0 saturated heterocycles. The Bertz CT molecular complexity index is 952. The lowest BCUT2D eigenvalue weighted by molar-refractivity contribution is -0.115. The van der Waals surface area contributed by atoms with Crippen molar-refractivity contribution in [1.29, 1.82) is 0 Å². The second-order valence-corrected chi connectivity index (χ2v) is 7.85. The van der Waals surface area contributed by atoms with Crippen LogP contribution in [0.25, 0.3) is 11.4 Å². The molecule has 3 rings (SSSR count). The Kier molecular flexibility index (Phi) is 6.13. The highest BCUT2D eigenvalue weighted by molar-refractivity contribution is 8.00. The number of amides is 1. The molecule has 0 aliphatic heterocycles. The molecular formula is C19H23FN6OS. The second kappa shape index (κ2) is 8.55. The SMILES string of the molecule is CC[C@H](C)n1nccc1NC(=O)[C@@H](C)Sc1nnc(-c2ccc(F)cc2)n1C. The van der Waals surface area contributed by atoms with E-state index in [1.54, 1.807) is 29.0 Å². The van der Waals surface area contributed by atoms with Crippen LogP contribution in [-0.4, -0.2) is 35.7 Å². The molecule has 28 heavy (non-hydrogen) atoms. The summed E-state index contributed by atoms with van der Waals surface area (Å²) in [5.41, 5.74) is 0.762. The maximum absolute atomic E-state index is 13.1. The average Bonchev–Trinajstić information content (AvgIpc) is 3.29. The van der Waals surface area contributed by atoms with E-state index >= 15 is 0 Å². The Labute approximate surface area is 167 Å². The van der Waals surface area contributed by atoms with Gasteiger partial charge in [-0.05, 0) is 44.5 Å². The number of aromatic nitrogens is 5. The first kappa shape index (κ1) is 20.1. The largest absolute Gasteiger partial charge is 0.310 e. The summed E-state index contributed by atoms with van der Waals surface area (Å²) in [6.07, 6.45) is 2.59. The monoisotopic (exact) mass is 402 g/mol. The minimum Gasteiger partial charge on any atom is -0.310 e. The predicted molar refractivity (Wildman–Crippen MR) is 108 cm³/mol. The first-order valence-corrected chi connectivity index (χ1v) is 9.95. The van der Waals surface area contributed by atoms with Crippen molar-refractivity contribution < 1.29 is 9.18 Å². The molecule has 0 bridgehead atoms. The molecule has 0 spiro atoms. The first-order chi connectivity index (χ1) is 13.4. The van der Waals surface area contributed by atoms with E-state index in [1.165, 1.54) is 23.9 Å². The third-order valence-corrected chi connectivity index (χ3v) is 5.65. The van der Waals surface area contributed by atoms with Gasteiger partial charge in [-0.3, -0.25) is 4.79 Å². The molecule has 2 aromatic heterocycles. The lowest BCUT2D eigenvalue weighted by atomic mass is 10.2. The smallest absolute Gasteiger partial charge is 0.238 e. The number of carbonyl (C=O) groups excluding carboxylic acids is 1. The van der Waals surface area contributed by atoms with Crippen molar-refractivity contribution in [2.75, 3.05) is 5.32 Å². The zero-order valence-corrected chi connectivity index (χ0v) is 17.1. The number of halogens is 1. The normalized spacial score (nSPS) is 13.3. The number of carbonyl (C=O) groups is 1. The van der Waals surface area contributed by atoms with E-state index in [2.05, 4.69) is 34.5 Å². The van der Waals surface area contributed by atoms with Crippen molar-refractivity contribution in [3.8, 4) is 11.4 Å². The highest BCUT2D eigenvalue weighted by atomic mass is 32.2. The molecule has 9 heteroatoms. The van der Waals surface area contributed by atoms with Gasteiger partial charge < -0.3 is 9.88 Å². The summed E-state index contributed by atoms with van der Waals surface area (Å²) in [7, 11) is 1.82. The van der Waals surface area contributed by atoms with Gasteiger partial charge in [-0.1, -0.05) is 18.7 Å². The van der Waals surface area contributed by atoms with E-state index in [0.29, 0.717) is 16.8 Å². The lowest BCUT2D eigenvalue weighted by Crippen LogP contribution is -2.25. The number of thioether (sulfide) groups is 1. The summed E-state index contributed by atoms with van der Waals surface area (Å²) < 4.78 is 16.7. The van der Waals surface area contributed by atoms with Crippen LogP contribution >= 0.6 is 11.8 Å². The maximum atomic E-state index is 13.1. The number of nitrogens with zero attached hydrogens (tertiary/aromatic N) is 5. The molecule has 0 aliphatic carbocycles. The van der Waals surface area contributed by atoms with E-state index in [9.17, 15) is 9.18 Å². The van der Waals surface area contributed by atoms with Gasteiger partial charge >= 0.3 is 0 Å². The number of hydrogen-bond acceptors (Lipinski definition) is 5. The first-order valence-electron chi connectivity index (χ1n) is 9.07. The van der Waals surface area contributed by atoms with Crippen LogP contribution in [0, 0.1) is 5.82 Å². The summed E-state index contributed by atoms with van der Waals surface area (Å²) in [5, 5.41) is 15.8. The summed E-state index contributed by atoms with van der Waals surface area (Å²) in [5.74, 6) is 0.852. The Morgan fingerprint density at radius 1 is 1.21 bits per heavy atom. The van der Waals surface area contributed by atoms with Crippen LogP contribution in [0.1, 0.15) is 33.2 Å². The summed E-state index contributed by atoms with van der Waals surface area (Å²) in [4.78, 5) is 12.6. The second-order valence-electron chi connectivity index (χ2n) is 6.54. The fourth-order valence-corrected chi connectivity index (χ4v) is 3.46. The number of rotatable bonds is 7. The molecule has 1 amide bonds. The molecule has 148 valence electrons. The molecule has 0 saturated carbocycles. The van der Waals surface area contributed by atoms with Crippen molar-refractivity contribution in [2.45, 2.75) is 43.6 Å². The van der Waals surface area contributed by atoms with E-state index in [4.69, 9.17) is 0 Å². The molecule has 0 radical (unpaired) electrons. The van der Waals surface area contributed by atoms with Gasteiger partial charge in [-0.15, -0.1) is 10.2 Å². The minimum atomic E-state index is -0.385. The molecule has 7 nitrogen and oxygen atoms in total. The molecule has 3 aromatic rings. The van der Waals surface area contributed by atoms with Gasteiger partial charge in [0.25, 0.3) is 0 Å². The van der Waals surface area contributed by atoms with Crippen LogP contribution in [0.3, 0.4) is 0 Å². The number of nitrogens with one attached hydrogen (secondary N) is 1. The van der Waals surface area contributed by atoms with Gasteiger partial charge in [-0.2, -0.15) is 5.10 Å². The van der Waals surface area contributed by atoms with Gasteiger partial charge in [0, 0.05) is 18.7 Å². The van der Waals surface area contributed by atoms with E-state index in [-0.39, 0.29) is 23.0 Å². The zero-order valence-electron chi connectivity index (χ0n) is 16.3. The summed E-state index contributed by atoms with van der Waals surface area (Å²) in [6.45, 7) is 5.94. The van der Waals surface area contributed by atoms with Crippen LogP contribution in [0.4, 0.5) is 10.2 Å². The average molecular weight is 402 g/mol. The van der Waals surface area contributed by atoms with Crippen molar-refractivity contribution in [3.05, 3.63) is 42.3 Å². The Balaban J connectivity index is 1.70. The zero-order chi connectivity index (χ0) is 20.3. The third-order valence-electron chi connectivity index (χ3n) is 4.52.